The van der Waals surface area contributed by atoms with E-state index < -0.39 is 17.7 Å². The lowest BCUT2D eigenvalue weighted by molar-refractivity contribution is -0.134. The molecule has 0 saturated carbocycles. The standard InChI is InChI=1S/C13H10ClF3O2/c1-19-12(18)4-2-3-11(13(15,16)17)9-5-7-10(14)8-6-9/h2-8H,1H3. The van der Waals surface area contributed by atoms with E-state index in [1.165, 1.54) is 24.3 Å². The summed E-state index contributed by atoms with van der Waals surface area (Å²) >= 11 is 5.62. The average molecular weight is 291 g/mol. The summed E-state index contributed by atoms with van der Waals surface area (Å²) in [7, 11) is 1.14. The Morgan fingerprint density at radius 2 is 1.84 bits per heavy atom. The predicted octanol–water partition coefficient (Wildman–Crippen LogP) is 4.01. The summed E-state index contributed by atoms with van der Waals surface area (Å²) < 4.78 is 42.9. The summed E-state index contributed by atoms with van der Waals surface area (Å²) in [5.74, 6) is -0.728. The second kappa shape index (κ2) is 6.43. The highest BCUT2D eigenvalue weighted by Gasteiger charge is 2.34. The van der Waals surface area contributed by atoms with E-state index in [1.807, 2.05) is 0 Å². The molecule has 0 amide bonds. The van der Waals surface area contributed by atoms with Crippen molar-refractivity contribution in [1.29, 1.82) is 0 Å². The van der Waals surface area contributed by atoms with E-state index >= 15 is 0 Å². The summed E-state index contributed by atoms with van der Waals surface area (Å²) in [5, 5.41) is 0.343. The molecule has 1 aromatic carbocycles. The Labute approximate surface area is 113 Å². The van der Waals surface area contributed by atoms with Crippen LogP contribution in [0.4, 0.5) is 13.2 Å². The van der Waals surface area contributed by atoms with Crippen LogP contribution in [0.5, 0.6) is 0 Å². The Kier molecular flexibility index (Phi) is 5.18. The zero-order valence-corrected chi connectivity index (χ0v) is 10.6. The largest absolute Gasteiger partial charge is 0.466 e. The maximum Gasteiger partial charge on any atom is 0.416 e. The minimum atomic E-state index is -4.53. The highest BCUT2D eigenvalue weighted by atomic mass is 35.5. The summed E-state index contributed by atoms with van der Waals surface area (Å²) in [6, 6.07) is 5.24. The number of carbonyl (C=O) groups excluding carboxylic acids is 1. The van der Waals surface area contributed by atoms with Crippen molar-refractivity contribution >= 4 is 23.1 Å². The Morgan fingerprint density at radius 3 is 2.32 bits per heavy atom. The molecule has 1 aromatic rings. The van der Waals surface area contributed by atoms with Gasteiger partial charge in [0.15, 0.2) is 0 Å². The molecule has 0 saturated heterocycles. The Hall–Kier alpha value is -1.75. The molecule has 2 nitrogen and oxygen atoms in total. The lowest BCUT2D eigenvalue weighted by Gasteiger charge is -2.11. The van der Waals surface area contributed by atoms with Gasteiger partial charge in [-0.05, 0) is 23.8 Å². The zero-order chi connectivity index (χ0) is 14.5. The molecule has 0 aliphatic carbocycles. The van der Waals surface area contributed by atoms with Crippen LogP contribution in [0.15, 0.2) is 42.5 Å². The number of esters is 1. The van der Waals surface area contributed by atoms with Crippen LogP contribution >= 0.6 is 11.6 Å². The van der Waals surface area contributed by atoms with Crippen LogP contribution in [-0.2, 0) is 9.53 Å². The van der Waals surface area contributed by atoms with E-state index in [1.54, 1.807) is 0 Å². The normalized spacial score (nSPS) is 12.8. The topological polar surface area (TPSA) is 26.3 Å². The third kappa shape index (κ3) is 4.79. The number of carbonyl (C=O) groups is 1. The van der Waals surface area contributed by atoms with Gasteiger partial charge in [0, 0.05) is 11.1 Å². The highest BCUT2D eigenvalue weighted by Crippen LogP contribution is 2.34. The quantitative estimate of drug-likeness (QED) is 0.477. The first-order valence-electron chi connectivity index (χ1n) is 5.14. The molecule has 0 aliphatic rings. The number of halogens is 4. The third-order valence-corrected chi connectivity index (χ3v) is 2.41. The second-order valence-corrected chi connectivity index (χ2v) is 3.90. The van der Waals surface area contributed by atoms with Crippen LogP contribution in [-0.4, -0.2) is 19.3 Å². The molecular formula is C13H10ClF3O2. The van der Waals surface area contributed by atoms with E-state index in [2.05, 4.69) is 4.74 Å². The molecular weight excluding hydrogens is 281 g/mol. The van der Waals surface area contributed by atoms with Gasteiger partial charge in [-0.15, -0.1) is 0 Å². The van der Waals surface area contributed by atoms with Crippen molar-refractivity contribution in [2.24, 2.45) is 0 Å². The van der Waals surface area contributed by atoms with Gasteiger partial charge in [0.2, 0.25) is 0 Å². The summed E-state index contributed by atoms with van der Waals surface area (Å²) in [5.41, 5.74) is -0.907. The van der Waals surface area contributed by atoms with Crippen molar-refractivity contribution in [1.82, 2.24) is 0 Å². The molecule has 0 spiro atoms. The third-order valence-electron chi connectivity index (χ3n) is 2.16. The number of rotatable bonds is 3. The highest BCUT2D eigenvalue weighted by molar-refractivity contribution is 6.30. The molecule has 0 fully saturated rings. The van der Waals surface area contributed by atoms with Crippen LogP contribution < -0.4 is 0 Å². The Bertz CT molecular complexity index is 502. The van der Waals surface area contributed by atoms with Gasteiger partial charge in [0.05, 0.1) is 12.7 Å². The number of hydrogen-bond acceptors (Lipinski definition) is 2. The van der Waals surface area contributed by atoms with Gasteiger partial charge >= 0.3 is 12.1 Å². The smallest absolute Gasteiger partial charge is 0.416 e. The molecule has 19 heavy (non-hydrogen) atoms. The monoisotopic (exact) mass is 290 g/mol. The number of benzene rings is 1. The van der Waals surface area contributed by atoms with Crippen LogP contribution in [0.3, 0.4) is 0 Å². The van der Waals surface area contributed by atoms with Crippen molar-refractivity contribution in [3.63, 3.8) is 0 Å². The van der Waals surface area contributed by atoms with Crippen LogP contribution in [0, 0.1) is 0 Å². The predicted molar refractivity (Wildman–Crippen MR) is 66.6 cm³/mol. The lowest BCUT2D eigenvalue weighted by Crippen LogP contribution is -2.10. The number of methoxy groups -OCH3 is 1. The van der Waals surface area contributed by atoms with Gasteiger partial charge in [-0.2, -0.15) is 13.2 Å². The van der Waals surface area contributed by atoms with E-state index in [-0.39, 0.29) is 5.56 Å². The molecule has 0 aromatic heterocycles. The Morgan fingerprint density at radius 1 is 1.26 bits per heavy atom. The zero-order valence-electron chi connectivity index (χ0n) is 9.87. The number of alkyl halides is 3. The minimum absolute atomic E-state index is 0.0357. The maximum absolute atomic E-state index is 12.9. The molecule has 1 rings (SSSR count). The lowest BCUT2D eigenvalue weighted by atomic mass is 10.1. The fourth-order valence-electron chi connectivity index (χ4n) is 1.27. The Balaban J connectivity index is 3.09. The molecule has 0 aliphatic heterocycles. The molecule has 6 heteroatoms. The van der Waals surface area contributed by atoms with E-state index in [0.29, 0.717) is 5.02 Å². The summed E-state index contributed by atoms with van der Waals surface area (Å²) in [6.07, 6.45) is -1.83. The molecule has 0 heterocycles. The van der Waals surface area contributed by atoms with Gasteiger partial charge in [-0.1, -0.05) is 29.8 Å². The van der Waals surface area contributed by atoms with Crippen LogP contribution in [0.25, 0.3) is 5.57 Å². The van der Waals surface area contributed by atoms with Gasteiger partial charge in [-0.25, -0.2) is 4.79 Å². The molecule has 102 valence electrons. The van der Waals surface area contributed by atoms with Crippen molar-refractivity contribution in [2.75, 3.05) is 7.11 Å². The first kappa shape index (κ1) is 15.3. The van der Waals surface area contributed by atoms with Crippen molar-refractivity contribution in [3.05, 3.63) is 53.1 Å². The first-order valence-corrected chi connectivity index (χ1v) is 5.52. The fourth-order valence-corrected chi connectivity index (χ4v) is 1.40. The van der Waals surface area contributed by atoms with E-state index in [0.717, 1.165) is 25.3 Å². The van der Waals surface area contributed by atoms with Gasteiger partial charge in [0.1, 0.15) is 0 Å². The number of hydrogen-bond donors (Lipinski definition) is 0. The fraction of sp³-hybridized carbons (Fsp3) is 0.154. The number of ether oxygens (including phenoxy) is 1. The summed E-state index contributed by atoms with van der Waals surface area (Å²) in [6.45, 7) is 0. The number of allylic oxidation sites excluding steroid dienone is 3. The van der Waals surface area contributed by atoms with Crippen molar-refractivity contribution in [3.8, 4) is 0 Å². The molecule has 0 atom stereocenters. The van der Waals surface area contributed by atoms with Crippen LogP contribution in [0.2, 0.25) is 5.02 Å². The van der Waals surface area contributed by atoms with Gasteiger partial charge in [-0.3, -0.25) is 0 Å². The molecule has 0 unspecified atom stereocenters. The average Bonchev–Trinajstić information content (AvgIpc) is 2.34. The summed E-state index contributed by atoms with van der Waals surface area (Å²) in [4.78, 5) is 10.8. The van der Waals surface area contributed by atoms with Gasteiger partial charge < -0.3 is 4.74 Å². The van der Waals surface area contributed by atoms with E-state index in [9.17, 15) is 18.0 Å². The second-order valence-electron chi connectivity index (χ2n) is 3.47. The van der Waals surface area contributed by atoms with E-state index in [4.69, 9.17) is 11.6 Å². The molecule has 0 bridgehead atoms. The SMILES string of the molecule is COC(=O)C=CC=C(c1ccc(Cl)cc1)C(F)(F)F. The minimum Gasteiger partial charge on any atom is -0.466 e. The maximum atomic E-state index is 12.9. The molecule has 0 radical (unpaired) electrons. The molecule has 0 N–H and O–H groups in total. The van der Waals surface area contributed by atoms with Crippen molar-refractivity contribution in [2.45, 2.75) is 6.18 Å². The van der Waals surface area contributed by atoms with Gasteiger partial charge in [0.25, 0.3) is 0 Å². The van der Waals surface area contributed by atoms with Crippen molar-refractivity contribution < 1.29 is 22.7 Å². The van der Waals surface area contributed by atoms with Crippen LogP contribution in [0.1, 0.15) is 5.56 Å². The first-order chi connectivity index (χ1) is 8.84.